The lowest BCUT2D eigenvalue weighted by molar-refractivity contribution is -0.183. The highest BCUT2D eigenvalue weighted by molar-refractivity contribution is 6.32. The number of rotatable bonds is 6. The number of hydrogen-bond acceptors (Lipinski definition) is 4. The molecule has 5 nitrogen and oxygen atoms in total. The molecule has 0 radical (unpaired) electrons. The minimum atomic E-state index is -0.270. The Kier molecular flexibility index (Phi) is 8.08. The van der Waals surface area contributed by atoms with Gasteiger partial charge in [-0.2, -0.15) is 4.89 Å². The number of carbonyl (C=O) groups is 1. The third kappa shape index (κ3) is 4.42. The van der Waals surface area contributed by atoms with Gasteiger partial charge >= 0.3 is 5.97 Å². The van der Waals surface area contributed by atoms with Gasteiger partial charge in [0.05, 0.1) is 19.2 Å². The molecule has 0 aliphatic carbocycles. The van der Waals surface area contributed by atoms with Crippen LogP contribution in [0.2, 0.25) is 5.02 Å². The predicted molar refractivity (Wildman–Crippen MR) is 96.6 cm³/mol. The van der Waals surface area contributed by atoms with E-state index in [2.05, 4.69) is 0 Å². The van der Waals surface area contributed by atoms with E-state index >= 15 is 0 Å². The lowest BCUT2D eigenvalue weighted by atomic mass is 10.1. The first-order chi connectivity index (χ1) is 11.5. The molecule has 0 aliphatic rings. The molecule has 0 fully saturated rings. The van der Waals surface area contributed by atoms with Gasteiger partial charge in [0.1, 0.15) is 0 Å². The molecule has 0 saturated heterocycles. The average molecular weight is 356 g/mol. The van der Waals surface area contributed by atoms with Crippen molar-refractivity contribution in [2.75, 3.05) is 13.7 Å². The number of aromatic nitrogens is 1. The third-order valence-electron chi connectivity index (χ3n) is 3.63. The molecule has 134 valence electrons. The van der Waals surface area contributed by atoms with Gasteiger partial charge in [0.25, 0.3) is 0 Å². The molecule has 0 bridgehead atoms. The van der Waals surface area contributed by atoms with E-state index < -0.39 is 0 Å². The topological polar surface area (TPSA) is 49.7 Å². The Labute approximate surface area is 148 Å². The van der Waals surface area contributed by atoms with Crippen LogP contribution in [-0.4, -0.2) is 24.3 Å². The second-order valence-corrected chi connectivity index (χ2v) is 5.51. The van der Waals surface area contributed by atoms with E-state index in [-0.39, 0.29) is 5.97 Å². The van der Waals surface area contributed by atoms with Gasteiger partial charge in [0.2, 0.25) is 5.88 Å². The summed E-state index contributed by atoms with van der Waals surface area (Å²) in [6.45, 7) is 7.76. The van der Waals surface area contributed by atoms with Crippen LogP contribution in [0.15, 0.2) is 12.1 Å². The zero-order valence-corrected chi connectivity index (χ0v) is 16.0. The minimum absolute atomic E-state index is 0.270. The van der Waals surface area contributed by atoms with E-state index in [0.717, 1.165) is 22.0 Å². The Morgan fingerprint density at radius 3 is 2.54 bits per heavy atom. The minimum Gasteiger partial charge on any atom is -0.466 e. The molecule has 1 aromatic heterocycles. The van der Waals surface area contributed by atoms with Crippen LogP contribution in [0.25, 0.3) is 10.9 Å². The molecule has 0 atom stereocenters. The van der Waals surface area contributed by atoms with E-state index in [4.69, 9.17) is 26.1 Å². The molecule has 24 heavy (non-hydrogen) atoms. The van der Waals surface area contributed by atoms with Crippen molar-refractivity contribution in [3.63, 3.8) is 0 Å². The van der Waals surface area contributed by atoms with E-state index in [1.807, 2.05) is 44.5 Å². The van der Waals surface area contributed by atoms with Crippen molar-refractivity contribution in [3.8, 4) is 5.88 Å². The molecular weight excluding hydrogens is 330 g/mol. The molecule has 0 spiro atoms. The van der Waals surface area contributed by atoms with Gasteiger partial charge in [-0.15, -0.1) is 0 Å². The maximum Gasteiger partial charge on any atom is 0.302 e. The standard InChI is InChI=1S/C16H20ClNO4.C2H6/c1-10-14(17)8-7-12-13(6-5-9-21-11(2)19)16(22-20-4)18(3)15(10)12;1-2/h7-8H,5-6,9H2,1-4H3;1-2H3. The van der Waals surface area contributed by atoms with Gasteiger partial charge < -0.3 is 14.2 Å². The Morgan fingerprint density at radius 1 is 1.29 bits per heavy atom. The van der Waals surface area contributed by atoms with Gasteiger partial charge in [-0.05, 0) is 31.4 Å². The summed E-state index contributed by atoms with van der Waals surface area (Å²) in [7, 11) is 3.38. The van der Waals surface area contributed by atoms with Crippen LogP contribution in [0.4, 0.5) is 0 Å². The summed E-state index contributed by atoms with van der Waals surface area (Å²) in [6.07, 6.45) is 1.42. The van der Waals surface area contributed by atoms with E-state index in [1.165, 1.54) is 14.0 Å². The Bertz CT molecular complexity index is 694. The van der Waals surface area contributed by atoms with Gasteiger partial charge in [-0.25, -0.2) is 0 Å². The SMILES string of the molecule is CC.COOc1c(CCCOC(C)=O)c2ccc(Cl)c(C)c2n1C. The fraction of sp³-hybridized carbons (Fsp3) is 0.500. The van der Waals surface area contributed by atoms with Crippen molar-refractivity contribution < 1.29 is 19.3 Å². The normalized spacial score (nSPS) is 10.3. The Morgan fingerprint density at radius 2 is 1.96 bits per heavy atom. The Balaban J connectivity index is 0.00000139. The molecule has 1 heterocycles. The molecule has 0 N–H and O–H groups in total. The summed E-state index contributed by atoms with van der Waals surface area (Å²) in [5.41, 5.74) is 3.03. The first kappa shape index (κ1) is 20.3. The molecule has 2 rings (SSSR count). The second kappa shape index (κ2) is 9.55. The van der Waals surface area contributed by atoms with Crippen LogP contribution < -0.4 is 4.89 Å². The van der Waals surface area contributed by atoms with Crippen LogP contribution in [0.5, 0.6) is 5.88 Å². The average Bonchev–Trinajstić information content (AvgIpc) is 2.83. The number of benzene rings is 1. The van der Waals surface area contributed by atoms with Gasteiger partial charge in [-0.3, -0.25) is 4.79 Å². The number of esters is 1. The van der Waals surface area contributed by atoms with Crippen molar-refractivity contribution in [2.45, 2.75) is 40.5 Å². The third-order valence-corrected chi connectivity index (χ3v) is 4.04. The number of nitrogens with zero attached hydrogens (tertiary/aromatic N) is 1. The van der Waals surface area contributed by atoms with Crippen molar-refractivity contribution in [2.24, 2.45) is 7.05 Å². The molecule has 0 amide bonds. The first-order valence-electron chi connectivity index (χ1n) is 8.07. The maximum atomic E-state index is 10.8. The van der Waals surface area contributed by atoms with Crippen molar-refractivity contribution >= 4 is 28.5 Å². The van der Waals surface area contributed by atoms with E-state index in [0.29, 0.717) is 30.4 Å². The van der Waals surface area contributed by atoms with Gasteiger partial charge in [0.15, 0.2) is 0 Å². The van der Waals surface area contributed by atoms with Crippen LogP contribution in [-0.2, 0) is 27.9 Å². The molecule has 0 unspecified atom stereocenters. The van der Waals surface area contributed by atoms with Crippen molar-refractivity contribution in [1.29, 1.82) is 0 Å². The highest BCUT2D eigenvalue weighted by Gasteiger charge is 2.19. The van der Waals surface area contributed by atoms with E-state index in [1.54, 1.807) is 0 Å². The van der Waals surface area contributed by atoms with Crippen LogP contribution >= 0.6 is 11.6 Å². The maximum absolute atomic E-state index is 10.8. The Hall–Kier alpha value is -1.72. The lowest BCUT2D eigenvalue weighted by Gasteiger charge is -2.07. The molecule has 0 aliphatic heterocycles. The first-order valence-corrected chi connectivity index (χ1v) is 8.45. The van der Waals surface area contributed by atoms with Gasteiger partial charge in [0, 0.05) is 29.9 Å². The molecule has 0 saturated carbocycles. The number of fused-ring (bicyclic) bond motifs is 1. The van der Waals surface area contributed by atoms with Crippen LogP contribution in [0.3, 0.4) is 0 Å². The summed E-state index contributed by atoms with van der Waals surface area (Å²) in [4.78, 5) is 21.0. The van der Waals surface area contributed by atoms with E-state index in [9.17, 15) is 4.79 Å². The molecule has 6 heteroatoms. The lowest BCUT2D eigenvalue weighted by Crippen LogP contribution is -2.03. The molecule has 2 aromatic rings. The zero-order chi connectivity index (χ0) is 18.3. The monoisotopic (exact) mass is 355 g/mol. The summed E-state index contributed by atoms with van der Waals surface area (Å²) in [5, 5.41) is 1.78. The van der Waals surface area contributed by atoms with Crippen LogP contribution in [0.1, 0.15) is 38.3 Å². The van der Waals surface area contributed by atoms with Crippen LogP contribution in [0, 0.1) is 6.92 Å². The number of aryl methyl sites for hydroxylation is 3. The number of carbonyl (C=O) groups excluding carboxylic acids is 1. The smallest absolute Gasteiger partial charge is 0.302 e. The quantitative estimate of drug-likeness (QED) is 0.329. The summed E-state index contributed by atoms with van der Waals surface area (Å²) >= 11 is 6.22. The highest BCUT2D eigenvalue weighted by Crippen LogP contribution is 2.36. The predicted octanol–water partition coefficient (Wildman–Crippen LogP) is 4.60. The molecule has 1 aromatic carbocycles. The second-order valence-electron chi connectivity index (χ2n) is 5.10. The number of halogens is 1. The van der Waals surface area contributed by atoms with Gasteiger partial charge in [-0.1, -0.05) is 31.5 Å². The number of hydrogen-bond donors (Lipinski definition) is 0. The highest BCUT2D eigenvalue weighted by atomic mass is 35.5. The zero-order valence-electron chi connectivity index (χ0n) is 15.2. The largest absolute Gasteiger partial charge is 0.466 e. The fourth-order valence-corrected chi connectivity index (χ4v) is 2.81. The molecular formula is C18H26ClNO4. The fourth-order valence-electron chi connectivity index (χ4n) is 2.66. The number of ether oxygens (including phenoxy) is 1. The van der Waals surface area contributed by atoms with Crippen molar-refractivity contribution in [1.82, 2.24) is 4.57 Å². The summed E-state index contributed by atoms with van der Waals surface area (Å²) in [6, 6.07) is 3.86. The summed E-state index contributed by atoms with van der Waals surface area (Å²) in [5.74, 6) is 0.375. The summed E-state index contributed by atoms with van der Waals surface area (Å²) < 4.78 is 6.92. The van der Waals surface area contributed by atoms with Crippen molar-refractivity contribution in [3.05, 3.63) is 28.3 Å².